The van der Waals surface area contributed by atoms with Crippen LogP contribution in [-0.4, -0.2) is 62.2 Å². The highest BCUT2D eigenvalue weighted by Crippen LogP contribution is 2.40. The first-order valence-electron chi connectivity index (χ1n) is 15.2. The minimum Gasteiger partial charge on any atom is -0.337 e. The molecule has 0 bridgehead atoms. The molecular formula is C33H30N10O4. The number of urea groups is 1. The molecule has 14 heteroatoms. The van der Waals surface area contributed by atoms with E-state index in [1.165, 1.54) is 27.0 Å². The van der Waals surface area contributed by atoms with E-state index in [-0.39, 0.29) is 24.9 Å². The van der Waals surface area contributed by atoms with Gasteiger partial charge >= 0.3 is 6.03 Å². The second kappa shape index (κ2) is 12.0. The van der Waals surface area contributed by atoms with Crippen molar-refractivity contribution in [2.75, 3.05) is 0 Å². The number of rotatable bonds is 10. The van der Waals surface area contributed by atoms with Crippen molar-refractivity contribution in [2.45, 2.75) is 52.2 Å². The third-order valence-corrected chi connectivity index (χ3v) is 8.45. The van der Waals surface area contributed by atoms with E-state index >= 15 is 0 Å². The molecular weight excluding hydrogens is 600 g/mol. The number of hydrogen-bond donors (Lipinski definition) is 0. The Hall–Kier alpha value is -6.05. The number of benzene rings is 3. The molecule has 0 saturated carbocycles. The number of nitrogens with zero attached hydrogens (tertiary/aromatic N) is 10. The van der Waals surface area contributed by atoms with Crippen LogP contribution in [0.5, 0.6) is 0 Å². The van der Waals surface area contributed by atoms with E-state index in [0.717, 1.165) is 28.9 Å². The lowest BCUT2D eigenvalue weighted by atomic mass is 9.90. The average Bonchev–Trinajstić information content (AvgIpc) is 3.94. The van der Waals surface area contributed by atoms with E-state index in [0.29, 0.717) is 22.9 Å². The predicted octanol–water partition coefficient (Wildman–Crippen LogP) is 4.77. The highest BCUT2D eigenvalue weighted by molar-refractivity contribution is 6.07. The maximum Gasteiger partial charge on any atom is 0.328 e. The molecule has 0 aliphatic carbocycles. The monoisotopic (exact) mass is 630 g/mol. The third kappa shape index (κ3) is 5.43. The van der Waals surface area contributed by atoms with Crippen molar-refractivity contribution >= 4 is 11.9 Å². The summed E-state index contributed by atoms with van der Waals surface area (Å²) in [4.78, 5) is 40.0. The highest BCUT2D eigenvalue weighted by atomic mass is 16.5. The van der Waals surface area contributed by atoms with E-state index < -0.39 is 17.5 Å². The summed E-state index contributed by atoms with van der Waals surface area (Å²) in [5, 5.41) is 19.6. The summed E-state index contributed by atoms with van der Waals surface area (Å²) < 4.78 is 12.6. The molecule has 3 aromatic heterocycles. The van der Waals surface area contributed by atoms with Gasteiger partial charge in [0.05, 0.1) is 5.69 Å². The minimum absolute atomic E-state index is 0.114. The van der Waals surface area contributed by atoms with Gasteiger partial charge in [0.25, 0.3) is 5.91 Å². The topological polar surface area (TPSA) is 162 Å². The Morgan fingerprint density at radius 1 is 0.766 bits per heavy atom. The van der Waals surface area contributed by atoms with Gasteiger partial charge in [0.15, 0.2) is 0 Å². The summed E-state index contributed by atoms with van der Waals surface area (Å²) in [5.74, 6) is 0.536. The molecule has 3 aromatic carbocycles. The fourth-order valence-electron chi connectivity index (χ4n) is 5.60. The molecule has 236 valence electrons. The van der Waals surface area contributed by atoms with Crippen LogP contribution in [0.2, 0.25) is 0 Å². The van der Waals surface area contributed by atoms with E-state index in [2.05, 4.69) is 49.7 Å². The Bertz CT molecular complexity index is 2040. The van der Waals surface area contributed by atoms with Crippen LogP contribution in [0.4, 0.5) is 4.79 Å². The number of carbonyl (C=O) groups excluding carboxylic acids is 2. The molecule has 1 aliphatic rings. The van der Waals surface area contributed by atoms with E-state index in [1.54, 1.807) is 31.2 Å². The van der Waals surface area contributed by atoms with Crippen LogP contribution >= 0.6 is 0 Å². The minimum atomic E-state index is -1.47. The molecule has 4 heterocycles. The van der Waals surface area contributed by atoms with Gasteiger partial charge in [-0.3, -0.25) is 14.6 Å². The molecule has 14 nitrogen and oxygen atoms in total. The first kappa shape index (κ1) is 29.6. The summed E-state index contributed by atoms with van der Waals surface area (Å²) in [6.07, 6.45) is 3.26. The molecule has 0 radical (unpaired) electrons. The van der Waals surface area contributed by atoms with Gasteiger partial charge in [-0.25, -0.2) is 9.48 Å². The summed E-state index contributed by atoms with van der Waals surface area (Å²) in [6, 6.07) is 22.2. The quantitative estimate of drug-likeness (QED) is 0.192. The van der Waals surface area contributed by atoms with Gasteiger partial charge in [0, 0.05) is 11.1 Å². The standard InChI is InChI=1S/C33H30N10O4/c1-4-21-9-13-23(14-10-21)29-35-27(46-37-29)18-41-31(44)33(3,25-7-6-8-26(17-25)43-20-34-39-40-43)42(32(41)45)19-28-36-30(38-47-28)24-15-11-22(5-2)12-16-24/h6-17,20H,4-5,18-19H2,1-3H3/t33-/m0/s1. The Morgan fingerprint density at radius 3 is 1.91 bits per heavy atom. The molecule has 6 aromatic rings. The average molecular weight is 631 g/mol. The van der Waals surface area contributed by atoms with E-state index in [9.17, 15) is 9.59 Å². The lowest BCUT2D eigenvalue weighted by Crippen LogP contribution is -2.44. The van der Waals surface area contributed by atoms with Crippen molar-refractivity contribution in [2.24, 2.45) is 0 Å². The van der Waals surface area contributed by atoms with Gasteiger partial charge in [-0.05, 0) is 59.0 Å². The Labute approximate surface area is 269 Å². The van der Waals surface area contributed by atoms with Crippen LogP contribution in [0.15, 0.2) is 88.2 Å². The Kier molecular flexibility index (Phi) is 7.60. The van der Waals surface area contributed by atoms with Gasteiger partial charge in [-0.15, -0.1) is 5.10 Å². The normalized spacial score (nSPS) is 16.4. The lowest BCUT2D eigenvalue weighted by Gasteiger charge is -2.31. The van der Waals surface area contributed by atoms with Crippen LogP contribution < -0.4 is 0 Å². The van der Waals surface area contributed by atoms with Crippen molar-refractivity contribution in [3.8, 4) is 28.5 Å². The summed E-state index contributed by atoms with van der Waals surface area (Å²) >= 11 is 0. The van der Waals surface area contributed by atoms with Gasteiger partial charge in [0.1, 0.15) is 25.0 Å². The largest absolute Gasteiger partial charge is 0.337 e. The van der Waals surface area contributed by atoms with Crippen LogP contribution in [0.1, 0.15) is 49.2 Å². The maximum atomic E-state index is 14.3. The summed E-state index contributed by atoms with van der Waals surface area (Å²) in [7, 11) is 0. The first-order chi connectivity index (χ1) is 22.9. The zero-order valence-corrected chi connectivity index (χ0v) is 25.9. The number of carbonyl (C=O) groups is 2. The number of aryl methyl sites for hydroxylation is 2. The molecule has 7 rings (SSSR count). The SMILES string of the molecule is CCc1ccc(-c2noc(CN3C(=O)N(Cc4nc(-c5ccc(CC)cc5)no4)[C@@](C)(c4cccc(-n5cnnn5)c4)C3=O)n2)cc1. The zero-order chi connectivity index (χ0) is 32.5. The van der Waals surface area contributed by atoms with Gasteiger partial charge in [0.2, 0.25) is 23.4 Å². The van der Waals surface area contributed by atoms with Gasteiger partial charge < -0.3 is 9.05 Å². The molecule has 1 atom stereocenters. The highest BCUT2D eigenvalue weighted by Gasteiger charge is 2.56. The van der Waals surface area contributed by atoms with Crippen molar-refractivity contribution in [1.29, 1.82) is 0 Å². The summed E-state index contributed by atoms with van der Waals surface area (Å²) in [5.41, 5.74) is 3.56. The van der Waals surface area contributed by atoms with E-state index in [4.69, 9.17) is 9.05 Å². The second-order valence-electron chi connectivity index (χ2n) is 11.3. The van der Waals surface area contributed by atoms with Crippen molar-refractivity contribution in [3.05, 3.63) is 108 Å². The van der Waals surface area contributed by atoms with Crippen LogP contribution in [0.25, 0.3) is 28.5 Å². The smallest absolute Gasteiger partial charge is 0.328 e. The van der Waals surface area contributed by atoms with Crippen molar-refractivity contribution < 1.29 is 18.6 Å². The van der Waals surface area contributed by atoms with Gasteiger partial charge in [-0.1, -0.05) is 84.8 Å². The summed E-state index contributed by atoms with van der Waals surface area (Å²) in [6.45, 7) is 5.48. The molecule has 0 unspecified atom stereocenters. The number of hydrogen-bond acceptors (Lipinski definition) is 11. The van der Waals surface area contributed by atoms with Crippen molar-refractivity contribution in [3.63, 3.8) is 0 Å². The molecule has 47 heavy (non-hydrogen) atoms. The Balaban J connectivity index is 1.22. The first-order valence-corrected chi connectivity index (χ1v) is 15.2. The number of imide groups is 1. The molecule has 0 N–H and O–H groups in total. The zero-order valence-electron chi connectivity index (χ0n) is 25.9. The Morgan fingerprint density at radius 2 is 1.36 bits per heavy atom. The molecule has 1 fully saturated rings. The number of aromatic nitrogens is 8. The van der Waals surface area contributed by atoms with Crippen LogP contribution in [0.3, 0.4) is 0 Å². The number of tetrazole rings is 1. The third-order valence-electron chi connectivity index (χ3n) is 8.45. The number of amides is 3. The molecule has 3 amide bonds. The molecule has 0 spiro atoms. The second-order valence-corrected chi connectivity index (χ2v) is 11.3. The fourth-order valence-corrected chi connectivity index (χ4v) is 5.60. The van der Waals surface area contributed by atoms with Crippen LogP contribution in [0, 0.1) is 0 Å². The molecule has 1 saturated heterocycles. The maximum absolute atomic E-state index is 14.3. The lowest BCUT2D eigenvalue weighted by molar-refractivity contribution is -0.133. The fraction of sp³-hybridized carbons (Fsp3) is 0.242. The molecule has 1 aliphatic heterocycles. The van der Waals surface area contributed by atoms with Crippen molar-refractivity contribution in [1.82, 2.24) is 50.3 Å². The van der Waals surface area contributed by atoms with E-state index in [1.807, 2.05) is 48.5 Å². The van der Waals surface area contributed by atoms with Gasteiger partial charge in [-0.2, -0.15) is 9.97 Å². The predicted molar refractivity (Wildman–Crippen MR) is 166 cm³/mol. The van der Waals surface area contributed by atoms with Crippen LogP contribution in [-0.2, 0) is 36.3 Å².